The highest BCUT2D eigenvalue weighted by Gasteiger charge is 2.19. The molecular weight excluding hydrogens is 364 g/mol. The first-order valence-electron chi connectivity index (χ1n) is 8.97. The van der Waals surface area contributed by atoms with Crippen molar-refractivity contribution in [2.24, 2.45) is 0 Å². The SMILES string of the molecule is COc1ccc(N2CCCCC2)cc1NS(=O)(=O)c1ccc(C(C)=O)cc1. The van der Waals surface area contributed by atoms with Crippen molar-refractivity contribution >= 4 is 27.2 Å². The molecule has 0 spiro atoms. The maximum atomic E-state index is 12.8. The number of carbonyl (C=O) groups excluding carboxylic acids is 1. The summed E-state index contributed by atoms with van der Waals surface area (Å²) in [7, 11) is -2.29. The number of ketones is 1. The van der Waals surface area contributed by atoms with E-state index in [1.54, 1.807) is 6.07 Å². The average Bonchev–Trinajstić information content (AvgIpc) is 2.68. The van der Waals surface area contributed by atoms with Crippen molar-refractivity contribution in [1.82, 2.24) is 0 Å². The van der Waals surface area contributed by atoms with E-state index in [0.717, 1.165) is 31.6 Å². The van der Waals surface area contributed by atoms with Crippen molar-refractivity contribution in [3.63, 3.8) is 0 Å². The maximum Gasteiger partial charge on any atom is 0.262 e. The van der Waals surface area contributed by atoms with Crippen LogP contribution < -0.4 is 14.4 Å². The Balaban J connectivity index is 1.89. The summed E-state index contributed by atoms with van der Waals surface area (Å²) >= 11 is 0. The molecule has 6 nitrogen and oxygen atoms in total. The second kappa shape index (κ2) is 8.00. The molecule has 1 aliphatic heterocycles. The van der Waals surface area contributed by atoms with Gasteiger partial charge >= 0.3 is 0 Å². The molecule has 1 fully saturated rings. The van der Waals surface area contributed by atoms with E-state index in [-0.39, 0.29) is 10.7 Å². The van der Waals surface area contributed by atoms with Gasteiger partial charge in [0, 0.05) is 24.3 Å². The molecule has 0 saturated carbocycles. The summed E-state index contributed by atoms with van der Waals surface area (Å²) in [5.41, 5.74) is 1.84. The first-order valence-corrected chi connectivity index (χ1v) is 10.5. The van der Waals surface area contributed by atoms with Crippen LogP contribution in [0.1, 0.15) is 36.5 Å². The lowest BCUT2D eigenvalue weighted by atomic mass is 10.1. The Kier molecular flexibility index (Phi) is 5.70. The smallest absolute Gasteiger partial charge is 0.262 e. The summed E-state index contributed by atoms with van der Waals surface area (Å²) in [5, 5.41) is 0. The average molecular weight is 388 g/mol. The third kappa shape index (κ3) is 4.42. The van der Waals surface area contributed by atoms with Crippen molar-refractivity contribution < 1.29 is 17.9 Å². The zero-order chi connectivity index (χ0) is 19.4. The third-order valence-corrected chi connectivity index (χ3v) is 6.10. The number of piperidine rings is 1. The Morgan fingerprint density at radius 1 is 1.04 bits per heavy atom. The number of sulfonamides is 1. The molecule has 1 N–H and O–H groups in total. The lowest BCUT2D eigenvalue weighted by Gasteiger charge is -2.29. The fourth-order valence-electron chi connectivity index (χ4n) is 3.20. The van der Waals surface area contributed by atoms with Crippen LogP contribution in [0.3, 0.4) is 0 Å². The maximum absolute atomic E-state index is 12.8. The van der Waals surface area contributed by atoms with Crippen LogP contribution in [0.4, 0.5) is 11.4 Å². The Hall–Kier alpha value is -2.54. The minimum Gasteiger partial charge on any atom is -0.495 e. The lowest BCUT2D eigenvalue weighted by molar-refractivity contribution is 0.101. The predicted octanol–water partition coefficient (Wildman–Crippen LogP) is 3.69. The second-order valence-electron chi connectivity index (χ2n) is 6.62. The van der Waals surface area contributed by atoms with Crippen LogP contribution in [0.15, 0.2) is 47.4 Å². The van der Waals surface area contributed by atoms with Crippen LogP contribution in [0.25, 0.3) is 0 Å². The molecule has 27 heavy (non-hydrogen) atoms. The van der Waals surface area contributed by atoms with Gasteiger partial charge in [0.15, 0.2) is 5.78 Å². The van der Waals surface area contributed by atoms with Gasteiger partial charge in [-0.2, -0.15) is 0 Å². The first kappa shape index (κ1) is 19.2. The quantitative estimate of drug-likeness (QED) is 0.764. The van der Waals surface area contributed by atoms with Crippen LogP contribution in [0.5, 0.6) is 5.75 Å². The number of benzene rings is 2. The second-order valence-corrected chi connectivity index (χ2v) is 8.30. The van der Waals surface area contributed by atoms with E-state index in [1.165, 1.54) is 44.7 Å². The molecule has 0 radical (unpaired) electrons. The molecule has 1 aliphatic rings. The van der Waals surface area contributed by atoms with Gasteiger partial charge in [0.05, 0.1) is 17.7 Å². The Morgan fingerprint density at radius 2 is 1.70 bits per heavy atom. The van der Waals surface area contributed by atoms with E-state index in [4.69, 9.17) is 4.74 Å². The van der Waals surface area contributed by atoms with Crippen molar-refractivity contribution in [3.8, 4) is 5.75 Å². The highest BCUT2D eigenvalue weighted by atomic mass is 32.2. The topological polar surface area (TPSA) is 75.7 Å². The minimum atomic E-state index is -3.80. The molecule has 144 valence electrons. The van der Waals surface area contributed by atoms with Gasteiger partial charge in [0.2, 0.25) is 0 Å². The van der Waals surface area contributed by atoms with Crippen LogP contribution in [-0.2, 0) is 10.0 Å². The number of nitrogens with one attached hydrogen (secondary N) is 1. The zero-order valence-electron chi connectivity index (χ0n) is 15.6. The molecule has 2 aromatic rings. The van der Waals surface area contributed by atoms with Gasteiger partial charge in [-0.1, -0.05) is 12.1 Å². The molecule has 1 heterocycles. The van der Waals surface area contributed by atoms with Gasteiger partial charge in [-0.15, -0.1) is 0 Å². The summed E-state index contributed by atoms with van der Waals surface area (Å²) < 4.78 is 33.5. The van der Waals surface area contributed by atoms with Crippen LogP contribution in [0, 0.1) is 0 Å². The summed E-state index contributed by atoms with van der Waals surface area (Å²) in [6.45, 7) is 3.37. The highest BCUT2D eigenvalue weighted by Crippen LogP contribution is 2.32. The third-order valence-electron chi connectivity index (χ3n) is 4.72. The number of carbonyl (C=O) groups is 1. The standard InChI is InChI=1S/C20H24N2O4S/c1-15(23)16-6-9-18(10-7-16)27(24,25)21-19-14-17(8-11-20(19)26-2)22-12-4-3-5-13-22/h6-11,14,21H,3-5,12-13H2,1-2H3. The molecular formula is C20H24N2O4S. The van der Waals surface area contributed by atoms with E-state index in [1.807, 2.05) is 12.1 Å². The van der Waals surface area contributed by atoms with E-state index in [2.05, 4.69) is 9.62 Å². The fourth-order valence-corrected chi connectivity index (χ4v) is 4.26. The van der Waals surface area contributed by atoms with Crippen molar-refractivity contribution in [2.75, 3.05) is 29.8 Å². The number of hydrogen-bond donors (Lipinski definition) is 1. The monoisotopic (exact) mass is 388 g/mol. The normalized spacial score (nSPS) is 14.7. The fraction of sp³-hybridized carbons (Fsp3) is 0.350. The molecule has 0 aliphatic carbocycles. The largest absolute Gasteiger partial charge is 0.495 e. The molecule has 2 aromatic carbocycles. The predicted molar refractivity (Wildman–Crippen MR) is 106 cm³/mol. The van der Waals surface area contributed by atoms with Gasteiger partial charge < -0.3 is 9.64 Å². The molecule has 7 heteroatoms. The van der Waals surface area contributed by atoms with Gasteiger partial charge in [-0.25, -0.2) is 8.42 Å². The van der Waals surface area contributed by atoms with Crippen molar-refractivity contribution in [1.29, 1.82) is 0 Å². The number of ether oxygens (including phenoxy) is 1. The number of Topliss-reactive ketones (excluding diaryl/α,β-unsaturated/α-hetero) is 1. The molecule has 0 bridgehead atoms. The number of anilines is 2. The van der Waals surface area contributed by atoms with Gasteiger partial charge in [0.25, 0.3) is 10.0 Å². The Labute approximate surface area is 160 Å². The molecule has 0 unspecified atom stereocenters. The molecule has 0 atom stereocenters. The lowest BCUT2D eigenvalue weighted by Crippen LogP contribution is -2.29. The number of rotatable bonds is 6. The van der Waals surface area contributed by atoms with E-state index in [0.29, 0.717) is 17.0 Å². The molecule has 3 rings (SSSR count). The molecule has 0 amide bonds. The van der Waals surface area contributed by atoms with Gasteiger partial charge in [0.1, 0.15) is 5.75 Å². The number of methoxy groups -OCH3 is 1. The minimum absolute atomic E-state index is 0.0953. The summed E-state index contributed by atoms with van der Waals surface area (Å²) in [6.07, 6.45) is 3.49. The Morgan fingerprint density at radius 3 is 2.30 bits per heavy atom. The van der Waals surface area contributed by atoms with Crippen LogP contribution in [0.2, 0.25) is 0 Å². The summed E-state index contributed by atoms with van der Waals surface area (Å²) in [5.74, 6) is 0.350. The van der Waals surface area contributed by atoms with E-state index in [9.17, 15) is 13.2 Å². The molecule has 0 aromatic heterocycles. The molecule has 1 saturated heterocycles. The number of hydrogen-bond acceptors (Lipinski definition) is 5. The van der Waals surface area contributed by atoms with Crippen LogP contribution >= 0.6 is 0 Å². The van der Waals surface area contributed by atoms with E-state index < -0.39 is 10.0 Å². The van der Waals surface area contributed by atoms with Gasteiger partial charge in [-0.05, 0) is 56.5 Å². The van der Waals surface area contributed by atoms with Gasteiger partial charge in [-0.3, -0.25) is 9.52 Å². The summed E-state index contributed by atoms with van der Waals surface area (Å²) in [6, 6.07) is 11.4. The highest BCUT2D eigenvalue weighted by molar-refractivity contribution is 7.92. The number of nitrogens with zero attached hydrogens (tertiary/aromatic N) is 1. The van der Waals surface area contributed by atoms with Crippen molar-refractivity contribution in [2.45, 2.75) is 31.1 Å². The zero-order valence-corrected chi connectivity index (χ0v) is 16.4. The Bertz CT molecular complexity index is 917. The van der Waals surface area contributed by atoms with E-state index >= 15 is 0 Å². The first-order chi connectivity index (χ1) is 12.9. The summed E-state index contributed by atoms with van der Waals surface area (Å²) in [4.78, 5) is 13.7. The van der Waals surface area contributed by atoms with Crippen molar-refractivity contribution in [3.05, 3.63) is 48.0 Å². The van der Waals surface area contributed by atoms with Crippen LogP contribution in [-0.4, -0.2) is 34.4 Å².